The fourth-order valence-electron chi connectivity index (χ4n) is 3.92. The van der Waals surface area contributed by atoms with Crippen molar-refractivity contribution in [3.05, 3.63) is 83.8 Å². The van der Waals surface area contributed by atoms with Crippen LogP contribution in [0.4, 0.5) is 5.69 Å². The fraction of sp³-hybridized carbons (Fsp3) is 0.280. The van der Waals surface area contributed by atoms with Crippen LogP contribution in [0.3, 0.4) is 0 Å². The van der Waals surface area contributed by atoms with Gasteiger partial charge in [-0.3, -0.25) is 4.79 Å². The van der Waals surface area contributed by atoms with Gasteiger partial charge in [0.15, 0.2) is 0 Å². The number of nitrogens with zero attached hydrogens (tertiary/aromatic N) is 2. The zero-order valence-corrected chi connectivity index (χ0v) is 18.0. The molecule has 7 heteroatoms. The maximum Gasteiger partial charge on any atom is 0.242 e. The maximum atomic E-state index is 13.5. The zero-order chi connectivity index (χ0) is 22.7. The van der Waals surface area contributed by atoms with Crippen LogP contribution in [0.1, 0.15) is 36.8 Å². The summed E-state index contributed by atoms with van der Waals surface area (Å²) in [6, 6.07) is 19.4. The second-order valence-corrected chi connectivity index (χ2v) is 8.28. The molecule has 0 bridgehead atoms. The molecule has 32 heavy (non-hydrogen) atoms. The summed E-state index contributed by atoms with van der Waals surface area (Å²) in [5, 5.41) is 23.8. The second-order valence-electron chi connectivity index (χ2n) is 8.28. The lowest BCUT2D eigenvalue weighted by atomic mass is 9.84. The number of aliphatic hydroxyl groups is 1. The number of aliphatic hydroxyl groups excluding tert-OH is 1. The molecular formula is C25H25N3O4. The van der Waals surface area contributed by atoms with Gasteiger partial charge >= 0.3 is 0 Å². The summed E-state index contributed by atoms with van der Waals surface area (Å²) in [5.41, 5.74) is 0.895. The van der Waals surface area contributed by atoms with E-state index in [1.165, 1.54) is 0 Å². The Morgan fingerprint density at radius 3 is 2.66 bits per heavy atom. The minimum Gasteiger partial charge on any atom is -0.485 e. The van der Waals surface area contributed by atoms with Crippen LogP contribution < -0.4 is 10.1 Å². The molecular weight excluding hydrogens is 406 g/mol. The van der Waals surface area contributed by atoms with E-state index in [2.05, 4.69) is 11.4 Å². The van der Waals surface area contributed by atoms with Crippen molar-refractivity contribution in [3.63, 3.8) is 0 Å². The summed E-state index contributed by atoms with van der Waals surface area (Å²) < 4.78 is 11.5. The quantitative estimate of drug-likeness (QED) is 0.615. The topological polar surface area (TPSA) is 98.7 Å². The summed E-state index contributed by atoms with van der Waals surface area (Å²) in [6.45, 7) is 3.76. The number of amides is 1. The second kappa shape index (κ2) is 8.77. The van der Waals surface area contributed by atoms with E-state index >= 15 is 0 Å². The molecule has 0 fully saturated rings. The Hall–Kier alpha value is -3.76. The highest BCUT2D eigenvalue weighted by molar-refractivity contribution is 5.81. The molecule has 2 N–H and O–H groups in total. The molecule has 4 rings (SSSR count). The summed E-state index contributed by atoms with van der Waals surface area (Å²) >= 11 is 0. The van der Waals surface area contributed by atoms with E-state index in [9.17, 15) is 15.2 Å². The standard InChI is InChI=1S/C25H25N3O4/c1-25(2)24(30)23(20-13-17(14-26)10-11-21(20)32-25)28(16-19-9-6-12-31-19)22(29)15-27-18-7-4-3-5-8-18/h3-13,23-24,27,30H,15-16H2,1-2H3. The van der Waals surface area contributed by atoms with Crippen molar-refractivity contribution in [1.29, 1.82) is 5.26 Å². The highest BCUT2D eigenvalue weighted by atomic mass is 16.5. The third-order valence-electron chi connectivity index (χ3n) is 5.62. The van der Waals surface area contributed by atoms with Crippen LogP contribution >= 0.6 is 0 Å². The number of carbonyl (C=O) groups is 1. The molecule has 7 nitrogen and oxygen atoms in total. The minimum absolute atomic E-state index is 0.0303. The summed E-state index contributed by atoms with van der Waals surface area (Å²) in [5.74, 6) is 0.908. The number of hydrogen-bond acceptors (Lipinski definition) is 6. The van der Waals surface area contributed by atoms with Gasteiger partial charge in [0.25, 0.3) is 0 Å². The van der Waals surface area contributed by atoms with Crippen LogP contribution in [0.15, 0.2) is 71.3 Å². The summed E-state index contributed by atoms with van der Waals surface area (Å²) in [7, 11) is 0. The van der Waals surface area contributed by atoms with Gasteiger partial charge in [0.2, 0.25) is 5.91 Å². The minimum atomic E-state index is -1.03. The number of nitriles is 1. The number of fused-ring (bicyclic) bond motifs is 1. The molecule has 2 aromatic carbocycles. The Labute approximate surface area is 186 Å². The van der Waals surface area contributed by atoms with Gasteiger partial charge in [0.1, 0.15) is 23.2 Å². The van der Waals surface area contributed by atoms with Crippen molar-refractivity contribution < 1.29 is 19.1 Å². The van der Waals surface area contributed by atoms with Crippen molar-refractivity contribution in [2.75, 3.05) is 11.9 Å². The van der Waals surface area contributed by atoms with E-state index in [0.29, 0.717) is 22.6 Å². The Morgan fingerprint density at radius 2 is 1.97 bits per heavy atom. The van der Waals surface area contributed by atoms with Gasteiger partial charge in [-0.05, 0) is 56.3 Å². The lowest BCUT2D eigenvalue weighted by Crippen LogP contribution is -2.55. The summed E-state index contributed by atoms with van der Waals surface area (Å²) in [4.78, 5) is 15.1. The van der Waals surface area contributed by atoms with Gasteiger partial charge in [-0.1, -0.05) is 18.2 Å². The molecule has 1 aliphatic rings. The van der Waals surface area contributed by atoms with Crippen molar-refractivity contribution in [3.8, 4) is 11.8 Å². The first-order valence-corrected chi connectivity index (χ1v) is 10.4. The fourth-order valence-corrected chi connectivity index (χ4v) is 3.92. The number of anilines is 1. The van der Waals surface area contributed by atoms with E-state index in [1.807, 2.05) is 30.3 Å². The number of ether oxygens (including phenoxy) is 1. The van der Waals surface area contributed by atoms with Crippen LogP contribution in [0.2, 0.25) is 0 Å². The van der Waals surface area contributed by atoms with Crippen molar-refractivity contribution in [1.82, 2.24) is 4.90 Å². The van der Waals surface area contributed by atoms with Gasteiger partial charge in [0.05, 0.1) is 37.0 Å². The van der Waals surface area contributed by atoms with E-state index in [-0.39, 0.29) is 19.0 Å². The van der Waals surface area contributed by atoms with Crippen molar-refractivity contribution >= 4 is 11.6 Å². The van der Waals surface area contributed by atoms with Crippen molar-refractivity contribution in [2.24, 2.45) is 0 Å². The van der Waals surface area contributed by atoms with Gasteiger partial charge in [-0.15, -0.1) is 0 Å². The average Bonchev–Trinajstić information content (AvgIpc) is 3.31. The Balaban J connectivity index is 1.72. The molecule has 0 aliphatic carbocycles. The van der Waals surface area contributed by atoms with E-state index in [1.54, 1.807) is 55.3 Å². The highest BCUT2D eigenvalue weighted by Gasteiger charge is 2.47. The summed E-state index contributed by atoms with van der Waals surface area (Å²) in [6.07, 6.45) is 0.520. The lowest BCUT2D eigenvalue weighted by Gasteiger charge is -2.46. The number of benzene rings is 2. The molecule has 0 radical (unpaired) electrons. The third kappa shape index (κ3) is 4.32. The first kappa shape index (κ1) is 21.5. The number of rotatable bonds is 6. The molecule has 0 saturated carbocycles. The molecule has 2 heterocycles. The largest absolute Gasteiger partial charge is 0.485 e. The van der Waals surface area contributed by atoms with Crippen LogP contribution in [0.25, 0.3) is 0 Å². The number of nitrogens with one attached hydrogen (secondary N) is 1. The zero-order valence-electron chi connectivity index (χ0n) is 18.0. The molecule has 2 atom stereocenters. The first-order valence-electron chi connectivity index (χ1n) is 10.4. The Kier molecular flexibility index (Phi) is 5.89. The average molecular weight is 431 g/mol. The third-order valence-corrected chi connectivity index (χ3v) is 5.62. The van der Waals surface area contributed by atoms with Gasteiger partial charge < -0.3 is 24.5 Å². The Bertz CT molecular complexity index is 1120. The molecule has 1 aromatic heterocycles. The van der Waals surface area contributed by atoms with E-state index in [4.69, 9.17) is 9.15 Å². The van der Waals surface area contributed by atoms with Crippen LogP contribution in [-0.2, 0) is 11.3 Å². The maximum absolute atomic E-state index is 13.5. The van der Waals surface area contributed by atoms with E-state index < -0.39 is 17.7 Å². The number of carbonyl (C=O) groups excluding carboxylic acids is 1. The molecule has 164 valence electrons. The molecule has 1 amide bonds. The number of hydrogen-bond donors (Lipinski definition) is 2. The Morgan fingerprint density at radius 1 is 1.19 bits per heavy atom. The van der Waals surface area contributed by atoms with Crippen LogP contribution in [0.5, 0.6) is 5.75 Å². The SMILES string of the molecule is CC1(C)Oc2ccc(C#N)cc2C(N(Cc2ccco2)C(=O)CNc2ccccc2)C1O. The smallest absolute Gasteiger partial charge is 0.242 e. The van der Waals surface area contributed by atoms with Gasteiger partial charge in [-0.2, -0.15) is 5.26 Å². The predicted molar refractivity (Wildman–Crippen MR) is 119 cm³/mol. The number of furan rings is 1. The predicted octanol–water partition coefficient (Wildman–Crippen LogP) is 3.87. The molecule has 3 aromatic rings. The van der Waals surface area contributed by atoms with Gasteiger partial charge in [-0.25, -0.2) is 0 Å². The van der Waals surface area contributed by atoms with Gasteiger partial charge in [0, 0.05) is 11.3 Å². The van der Waals surface area contributed by atoms with E-state index in [0.717, 1.165) is 5.69 Å². The monoisotopic (exact) mass is 431 g/mol. The molecule has 1 aliphatic heterocycles. The van der Waals surface area contributed by atoms with Crippen molar-refractivity contribution in [2.45, 2.75) is 38.1 Å². The number of para-hydroxylation sites is 1. The lowest BCUT2D eigenvalue weighted by molar-refractivity contribution is -0.144. The molecule has 2 unspecified atom stereocenters. The van der Waals surface area contributed by atoms with Crippen LogP contribution in [-0.4, -0.2) is 34.2 Å². The van der Waals surface area contributed by atoms with Crippen LogP contribution in [0, 0.1) is 11.3 Å². The normalized spacial score (nSPS) is 18.7. The highest BCUT2D eigenvalue weighted by Crippen LogP contribution is 2.43. The molecule has 0 spiro atoms. The first-order chi connectivity index (χ1) is 15.4. The molecule has 0 saturated heterocycles.